The Hall–Kier alpha value is -2.42. The summed E-state index contributed by atoms with van der Waals surface area (Å²) in [6.45, 7) is 6.65. The molecule has 0 unspecified atom stereocenters. The second kappa shape index (κ2) is 5.17. The van der Waals surface area contributed by atoms with Gasteiger partial charge in [-0.3, -0.25) is 0 Å². The number of hydrogen-bond donors (Lipinski definition) is 0. The Morgan fingerprint density at radius 3 is 2.14 bits per heavy atom. The number of aromatic nitrogens is 3. The van der Waals surface area contributed by atoms with E-state index in [-0.39, 0.29) is 5.41 Å². The van der Waals surface area contributed by atoms with E-state index in [0.29, 0.717) is 0 Å². The van der Waals surface area contributed by atoms with E-state index in [9.17, 15) is 0 Å². The Kier molecular flexibility index (Phi) is 3.34. The lowest BCUT2D eigenvalue weighted by atomic mass is 9.87. The predicted octanol–water partition coefficient (Wildman–Crippen LogP) is 4.23. The predicted molar refractivity (Wildman–Crippen MR) is 85.5 cm³/mol. The van der Waals surface area contributed by atoms with Crippen LogP contribution < -0.4 is 0 Å². The van der Waals surface area contributed by atoms with E-state index < -0.39 is 0 Å². The molecule has 3 heteroatoms. The quantitative estimate of drug-likeness (QED) is 0.701. The summed E-state index contributed by atoms with van der Waals surface area (Å²) in [4.78, 5) is 4.41. The van der Waals surface area contributed by atoms with Crippen molar-refractivity contribution in [2.45, 2.75) is 26.2 Å². The van der Waals surface area contributed by atoms with Gasteiger partial charge >= 0.3 is 0 Å². The first-order valence-corrected chi connectivity index (χ1v) is 7.12. The molecule has 0 aliphatic rings. The maximum Gasteiger partial charge on any atom is 0.163 e. The molecule has 0 aliphatic carbocycles. The molecule has 1 aromatic heterocycles. The van der Waals surface area contributed by atoms with Crippen LogP contribution in [-0.4, -0.2) is 14.8 Å². The molecule has 0 amide bonds. The average molecular weight is 277 g/mol. The maximum absolute atomic E-state index is 4.41. The zero-order chi connectivity index (χ0) is 14.9. The van der Waals surface area contributed by atoms with Gasteiger partial charge < -0.3 is 0 Å². The molecule has 0 saturated carbocycles. The summed E-state index contributed by atoms with van der Waals surface area (Å²) in [5.41, 5.74) is 3.57. The van der Waals surface area contributed by atoms with E-state index in [1.54, 1.807) is 6.33 Å². The van der Waals surface area contributed by atoms with Crippen LogP contribution in [-0.2, 0) is 5.41 Å². The van der Waals surface area contributed by atoms with Crippen molar-refractivity contribution in [2.24, 2.45) is 0 Å². The van der Waals surface area contributed by atoms with E-state index in [1.807, 2.05) is 35.0 Å². The van der Waals surface area contributed by atoms with Gasteiger partial charge in [-0.2, -0.15) is 5.10 Å². The molecule has 0 atom stereocenters. The number of rotatable bonds is 2. The number of para-hydroxylation sites is 1. The van der Waals surface area contributed by atoms with Crippen molar-refractivity contribution in [3.05, 3.63) is 66.5 Å². The Morgan fingerprint density at radius 2 is 1.52 bits per heavy atom. The van der Waals surface area contributed by atoms with E-state index in [1.165, 1.54) is 5.56 Å². The van der Waals surface area contributed by atoms with Gasteiger partial charge in [0.25, 0.3) is 0 Å². The summed E-state index contributed by atoms with van der Waals surface area (Å²) in [6.07, 6.45) is 1.60. The first-order valence-electron chi connectivity index (χ1n) is 7.12. The third kappa shape index (κ3) is 2.72. The Bertz CT molecular complexity index is 719. The van der Waals surface area contributed by atoms with Crippen LogP contribution in [0.3, 0.4) is 0 Å². The first-order chi connectivity index (χ1) is 10.1. The fourth-order valence-corrected chi connectivity index (χ4v) is 2.32. The summed E-state index contributed by atoms with van der Waals surface area (Å²) >= 11 is 0. The molecule has 21 heavy (non-hydrogen) atoms. The molecule has 0 aliphatic heterocycles. The number of nitrogens with zero attached hydrogens (tertiary/aromatic N) is 3. The highest BCUT2D eigenvalue weighted by Gasteiger charge is 2.14. The largest absolute Gasteiger partial charge is 0.215 e. The van der Waals surface area contributed by atoms with Gasteiger partial charge in [-0.05, 0) is 23.1 Å². The molecule has 106 valence electrons. The molecular formula is C18H19N3. The minimum atomic E-state index is 0.158. The minimum Gasteiger partial charge on any atom is -0.215 e. The van der Waals surface area contributed by atoms with E-state index in [4.69, 9.17) is 0 Å². The van der Waals surface area contributed by atoms with Crippen LogP contribution in [0.5, 0.6) is 0 Å². The van der Waals surface area contributed by atoms with Crippen molar-refractivity contribution in [1.82, 2.24) is 14.8 Å². The highest BCUT2D eigenvalue weighted by atomic mass is 15.3. The molecule has 0 spiro atoms. The van der Waals surface area contributed by atoms with E-state index >= 15 is 0 Å². The van der Waals surface area contributed by atoms with Gasteiger partial charge in [0.2, 0.25) is 0 Å². The molecule has 0 radical (unpaired) electrons. The second-order valence-corrected chi connectivity index (χ2v) is 6.16. The normalized spacial score (nSPS) is 11.6. The fraction of sp³-hybridized carbons (Fsp3) is 0.222. The number of hydrogen-bond acceptors (Lipinski definition) is 2. The molecule has 3 nitrogen and oxygen atoms in total. The minimum absolute atomic E-state index is 0.158. The van der Waals surface area contributed by atoms with Gasteiger partial charge in [0, 0.05) is 5.56 Å². The topological polar surface area (TPSA) is 30.7 Å². The highest BCUT2D eigenvalue weighted by molar-refractivity contribution is 5.58. The summed E-state index contributed by atoms with van der Waals surface area (Å²) in [5, 5.41) is 4.34. The van der Waals surface area contributed by atoms with Crippen molar-refractivity contribution in [1.29, 1.82) is 0 Å². The summed E-state index contributed by atoms with van der Waals surface area (Å²) in [7, 11) is 0. The molecule has 0 N–H and O–H groups in total. The van der Waals surface area contributed by atoms with Crippen LogP contribution in [0.1, 0.15) is 26.3 Å². The molecule has 2 aromatic carbocycles. The lowest BCUT2D eigenvalue weighted by Crippen LogP contribution is -2.10. The van der Waals surface area contributed by atoms with Crippen molar-refractivity contribution in [3.63, 3.8) is 0 Å². The van der Waals surface area contributed by atoms with Gasteiger partial charge in [0.15, 0.2) is 5.82 Å². The molecule has 3 rings (SSSR count). The third-order valence-electron chi connectivity index (χ3n) is 3.56. The van der Waals surface area contributed by atoms with Gasteiger partial charge in [-0.25, -0.2) is 9.67 Å². The van der Waals surface area contributed by atoms with Crippen LogP contribution in [0.4, 0.5) is 0 Å². The summed E-state index contributed by atoms with van der Waals surface area (Å²) in [5.74, 6) is 0.863. The van der Waals surface area contributed by atoms with Gasteiger partial charge in [-0.1, -0.05) is 63.2 Å². The average Bonchev–Trinajstić information content (AvgIpc) is 2.97. The zero-order valence-electron chi connectivity index (χ0n) is 12.6. The molecule has 1 heterocycles. The Balaban J connectivity index is 2.01. The van der Waals surface area contributed by atoms with Crippen LogP contribution in [0.2, 0.25) is 0 Å². The standard InChI is InChI=1S/C18H19N3/c1-18(2,3)15-11-9-14(10-12-15)17-19-13-20-21(17)16-7-5-4-6-8-16/h4-13H,1-3H3. The summed E-state index contributed by atoms with van der Waals surface area (Å²) < 4.78 is 1.87. The first kappa shape index (κ1) is 13.6. The molecule has 0 fully saturated rings. The van der Waals surface area contributed by atoms with E-state index in [2.05, 4.69) is 55.1 Å². The van der Waals surface area contributed by atoms with Gasteiger partial charge in [-0.15, -0.1) is 0 Å². The number of benzene rings is 2. The lowest BCUT2D eigenvalue weighted by molar-refractivity contribution is 0.590. The van der Waals surface area contributed by atoms with Gasteiger partial charge in [0.1, 0.15) is 6.33 Å². The van der Waals surface area contributed by atoms with Crippen molar-refractivity contribution in [3.8, 4) is 17.1 Å². The third-order valence-corrected chi connectivity index (χ3v) is 3.56. The van der Waals surface area contributed by atoms with Gasteiger partial charge in [0.05, 0.1) is 5.69 Å². The molecule has 0 bridgehead atoms. The summed E-state index contributed by atoms with van der Waals surface area (Å²) in [6, 6.07) is 18.6. The fourth-order valence-electron chi connectivity index (χ4n) is 2.32. The Morgan fingerprint density at radius 1 is 0.857 bits per heavy atom. The van der Waals surface area contributed by atoms with Crippen LogP contribution >= 0.6 is 0 Å². The maximum atomic E-state index is 4.41. The van der Waals surface area contributed by atoms with Crippen molar-refractivity contribution >= 4 is 0 Å². The zero-order valence-corrected chi connectivity index (χ0v) is 12.6. The second-order valence-electron chi connectivity index (χ2n) is 6.16. The smallest absolute Gasteiger partial charge is 0.163 e. The van der Waals surface area contributed by atoms with Crippen molar-refractivity contribution in [2.75, 3.05) is 0 Å². The molecule has 3 aromatic rings. The van der Waals surface area contributed by atoms with E-state index in [0.717, 1.165) is 17.1 Å². The monoisotopic (exact) mass is 277 g/mol. The Labute approximate surface area is 125 Å². The van der Waals surface area contributed by atoms with Crippen molar-refractivity contribution < 1.29 is 0 Å². The highest BCUT2D eigenvalue weighted by Crippen LogP contribution is 2.26. The molecular weight excluding hydrogens is 258 g/mol. The SMILES string of the molecule is CC(C)(C)c1ccc(-c2ncnn2-c2ccccc2)cc1. The lowest BCUT2D eigenvalue weighted by Gasteiger charge is -2.19. The van der Waals surface area contributed by atoms with Crippen LogP contribution in [0, 0.1) is 0 Å². The molecule has 0 saturated heterocycles. The van der Waals surface area contributed by atoms with Crippen LogP contribution in [0.25, 0.3) is 17.1 Å². The van der Waals surface area contributed by atoms with Crippen LogP contribution in [0.15, 0.2) is 60.9 Å².